The van der Waals surface area contributed by atoms with Crippen molar-refractivity contribution in [2.75, 3.05) is 39.9 Å². The molecular formula is C13H26N2O2. The largest absolute Gasteiger partial charge is 0.379 e. The van der Waals surface area contributed by atoms with E-state index >= 15 is 0 Å². The summed E-state index contributed by atoms with van der Waals surface area (Å²) in [5.74, 6) is 1.04. The molecule has 4 heteroatoms. The maximum atomic E-state index is 11.9. The van der Waals surface area contributed by atoms with Crippen LogP contribution in [-0.4, -0.2) is 50.7 Å². The zero-order valence-electron chi connectivity index (χ0n) is 11.4. The lowest BCUT2D eigenvalue weighted by molar-refractivity contribution is -0.134. The molecule has 0 aromatic rings. The van der Waals surface area contributed by atoms with Crippen LogP contribution in [0.25, 0.3) is 0 Å². The molecule has 1 aliphatic carbocycles. The molecule has 4 nitrogen and oxygen atoms in total. The first-order chi connectivity index (χ1) is 8.15. The quantitative estimate of drug-likeness (QED) is 0.616. The van der Waals surface area contributed by atoms with E-state index in [-0.39, 0.29) is 11.8 Å². The number of carbonyl (C=O) groups excluding carboxylic acids is 1. The monoisotopic (exact) mass is 242 g/mol. The molecule has 100 valence electrons. The SMILES string of the molecule is CCNCC(C)C(=O)N(C)CCOCC1CC1. The van der Waals surface area contributed by atoms with Gasteiger partial charge in [-0.15, -0.1) is 0 Å². The van der Waals surface area contributed by atoms with E-state index in [1.165, 1.54) is 12.8 Å². The third-order valence-corrected chi connectivity index (χ3v) is 3.12. The summed E-state index contributed by atoms with van der Waals surface area (Å²) in [5, 5.41) is 3.20. The Labute approximate surface area is 105 Å². The zero-order chi connectivity index (χ0) is 12.7. The van der Waals surface area contributed by atoms with Crippen LogP contribution >= 0.6 is 0 Å². The van der Waals surface area contributed by atoms with Gasteiger partial charge >= 0.3 is 0 Å². The first kappa shape index (κ1) is 14.5. The minimum Gasteiger partial charge on any atom is -0.379 e. The fourth-order valence-corrected chi connectivity index (χ4v) is 1.67. The van der Waals surface area contributed by atoms with Crippen LogP contribution in [0.15, 0.2) is 0 Å². The maximum absolute atomic E-state index is 11.9. The summed E-state index contributed by atoms with van der Waals surface area (Å²) in [6, 6.07) is 0. The molecule has 1 aliphatic rings. The van der Waals surface area contributed by atoms with Crippen LogP contribution in [0.5, 0.6) is 0 Å². The van der Waals surface area contributed by atoms with Crippen LogP contribution < -0.4 is 5.32 Å². The standard InChI is InChI=1S/C13H26N2O2/c1-4-14-9-11(2)13(16)15(3)7-8-17-10-12-5-6-12/h11-12,14H,4-10H2,1-3H3. The fourth-order valence-electron chi connectivity index (χ4n) is 1.67. The van der Waals surface area contributed by atoms with Crippen LogP contribution in [0.4, 0.5) is 0 Å². The lowest BCUT2D eigenvalue weighted by atomic mass is 10.1. The van der Waals surface area contributed by atoms with Crippen molar-refractivity contribution in [2.45, 2.75) is 26.7 Å². The van der Waals surface area contributed by atoms with Crippen molar-refractivity contribution in [1.82, 2.24) is 10.2 Å². The van der Waals surface area contributed by atoms with E-state index in [2.05, 4.69) is 5.32 Å². The molecule has 0 aliphatic heterocycles. The summed E-state index contributed by atoms with van der Waals surface area (Å²) in [5.41, 5.74) is 0. The van der Waals surface area contributed by atoms with Crippen molar-refractivity contribution >= 4 is 5.91 Å². The van der Waals surface area contributed by atoms with Gasteiger partial charge in [-0.25, -0.2) is 0 Å². The molecule has 1 amide bonds. The Bertz CT molecular complexity index is 229. The van der Waals surface area contributed by atoms with Gasteiger partial charge in [0.2, 0.25) is 5.91 Å². The van der Waals surface area contributed by atoms with E-state index in [1.54, 1.807) is 4.90 Å². The number of hydrogen-bond acceptors (Lipinski definition) is 3. The second kappa shape index (κ2) is 7.67. The molecule has 17 heavy (non-hydrogen) atoms. The van der Waals surface area contributed by atoms with E-state index < -0.39 is 0 Å². The third kappa shape index (κ3) is 6.03. The van der Waals surface area contributed by atoms with E-state index in [9.17, 15) is 4.79 Å². The number of nitrogens with one attached hydrogen (secondary N) is 1. The van der Waals surface area contributed by atoms with Crippen molar-refractivity contribution in [2.24, 2.45) is 11.8 Å². The van der Waals surface area contributed by atoms with Crippen LogP contribution in [0.2, 0.25) is 0 Å². The summed E-state index contributed by atoms with van der Waals surface area (Å²) in [6.45, 7) is 7.90. The normalized spacial score (nSPS) is 16.9. The average Bonchev–Trinajstić information content (AvgIpc) is 3.14. The van der Waals surface area contributed by atoms with Crippen molar-refractivity contribution in [3.05, 3.63) is 0 Å². The zero-order valence-corrected chi connectivity index (χ0v) is 11.4. The Kier molecular flexibility index (Phi) is 6.52. The topological polar surface area (TPSA) is 41.6 Å². The summed E-state index contributed by atoms with van der Waals surface area (Å²) in [7, 11) is 1.85. The molecule has 1 N–H and O–H groups in total. The average molecular weight is 242 g/mol. The summed E-state index contributed by atoms with van der Waals surface area (Å²) < 4.78 is 5.53. The lowest BCUT2D eigenvalue weighted by Gasteiger charge is -2.21. The first-order valence-electron chi connectivity index (χ1n) is 6.68. The molecule has 0 radical (unpaired) electrons. The Morgan fingerprint density at radius 2 is 2.24 bits per heavy atom. The van der Waals surface area contributed by atoms with Gasteiger partial charge < -0.3 is 15.0 Å². The molecule has 1 atom stereocenters. The second-order valence-electron chi connectivity index (χ2n) is 4.99. The molecule has 1 rings (SSSR count). The predicted octanol–water partition coefficient (Wildman–Crippen LogP) is 1.12. The highest BCUT2D eigenvalue weighted by atomic mass is 16.5. The molecule has 0 heterocycles. The Morgan fingerprint density at radius 1 is 1.53 bits per heavy atom. The van der Waals surface area contributed by atoms with E-state index in [4.69, 9.17) is 4.74 Å². The second-order valence-corrected chi connectivity index (χ2v) is 4.99. The molecule has 1 fully saturated rings. The van der Waals surface area contributed by atoms with Crippen LogP contribution in [-0.2, 0) is 9.53 Å². The maximum Gasteiger partial charge on any atom is 0.226 e. The third-order valence-electron chi connectivity index (χ3n) is 3.12. The van der Waals surface area contributed by atoms with Crippen LogP contribution in [0.1, 0.15) is 26.7 Å². The van der Waals surface area contributed by atoms with E-state index in [1.807, 2.05) is 20.9 Å². The number of hydrogen-bond donors (Lipinski definition) is 1. The molecule has 1 unspecified atom stereocenters. The van der Waals surface area contributed by atoms with Crippen LogP contribution in [0, 0.1) is 11.8 Å². The Morgan fingerprint density at radius 3 is 2.82 bits per heavy atom. The summed E-state index contributed by atoms with van der Waals surface area (Å²) >= 11 is 0. The molecule has 1 saturated carbocycles. The van der Waals surface area contributed by atoms with Crippen molar-refractivity contribution in [3.8, 4) is 0 Å². The highest BCUT2D eigenvalue weighted by Gasteiger charge is 2.21. The van der Waals surface area contributed by atoms with Gasteiger partial charge in [-0.1, -0.05) is 13.8 Å². The number of carbonyl (C=O) groups is 1. The van der Waals surface area contributed by atoms with Gasteiger partial charge in [0.1, 0.15) is 0 Å². The molecule has 0 spiro atoms. The fraction of sp³-hybridized carbons (Fsp3) is 0.923. The van der Waals surface area contributed by atoms with Gasteiger partial charge in [0.15, 0.2) is 0 Å². The predicted molar refractivity (Wildman–Crippen MR) is 68.9 cm³/mol. The minimum absolute atomic E-state index is 0.0448. The number of ether oxygens (including phenoxy) is 1. The lowest BCUT2D eigenvalue weighted by Crippen LogP contribution is -2.38. The molecule has 0 aromatic heterocycles. The van der Waals surface area contributed by atoms with Gasteiger partial charge in [-0.2, -0.15) is 0 Å². The van der Waals surface area contributed by atoms with Gasteiger partial charge in [0.25, 0.3) is 0 Å². The van der Waals surface area contributed by atoms with Gasteiger partial charge in [0, 0.05) is 32.7 Å². The molecule has 0 saturated heterocycles. The van der Waals surface area contributed by atoms with Gasteiger partial charge in [0.05, 0.1) is 6.61 Å². The van der Waals surface area contributed by atoms with Crippen molar-refractivity contribution in [3.63, 3.8) is 0 Å². The van der Waals surface area contributed by atoms with Crippen LogP contribution in [0.3, 0.4) is 0 Å². The Balaban J connectivity index is 2.06. The van der Waals surface area contributed by atoms with E-state index in [0.717, 1.165) is 25.6 Å². The van der Waals surface area contributed by atoms with Gasteiger partial charge in [-0.3, -0.25) is 4.79 Å². The van der Waals surface area contributed by atoms with Crippen molar-refractivity contribution < 1.29 is 9.53 Å². The van der Waals surface area contributed by atoms with Crippen molar-refractivity contribution in [1.29, 1.82) is 0 Å². The summed E-state index contributed by atoms with van der Waals surface area (Å²) in [6.07, 6.45) is 2.63. The number of amides is 1. The number of rotatable bonds is 9. The molecular weight excluding hydrogens is 216 g/mol. The molecule has 0 bridgehead atoms. The highest BCUT2D eigenvalue weighted by molar-refractivity contribution is 5.78. The number of likely N-dealkylation sites (N-methyl/N-ethyl adjacent to an activating group) is 1. The highest BCUT2D eigenvalue weighted by Crippen LogP contribution is 2.28. The van der Waals surface area contributed by atoms with E-state index in [0.29, 0.717) is 13.2 Å². The number of nitrogens with zero attached hydrogens (tertiary/aromatic N) is 1. The Hall–Kier alpha value is -0.610. The molecule has 0 aromatic carbocycles. The first-order valence-corrected chi connectivity index (χ1v) is 6.68. The summed E-state index contributed by atoms with van der Waals surface area (Å²) in [4.78, 5) is 13.7. The van der Waals surface area contributed by atoms with Gasteiger partial charge in [-0.05, 0) is 25.3 Å². The minimum atomic E-state index is 0.0448. The smallest absolute Gasteiger partial charge is 0.226 e.